The lowest BCUT2D eigenvalue weighted by Crippen LogP contribution is -2.31. The number of rotatable bonds is 8. The first-order valence-corrected chi connectivity index (χ1v) is 9.00. The van der Waals surface area contributed by atoms with Crippen molar-refractivity contribution in [3.8, 4) is 17.2 Å². The second-order valence-corrected chi connectivity index (χ2v) is 7.08. The maximum absolute atomic E-state index is 13.6. The van der Waals surface area contributed by atoms with Crippen LogP contribution < -0.4 is 14.8 Å². The van der Waals surface area contributed by atoms with Gasteiger partial charge in [0.05, 0.1) is 25.6 Å². The number of phenols is 1. The van der Waals surface area contributed by atoms with Gasteiger partial charge in [-0.2, -0.15) is 0 Å². The second-order valence-electron chi connectivity index (χ2n) is 7.08. The minimum atomic E-state index is -1.28. The Balaban J connectivity index is 1.68. The van der Waals surface area contributed by atoms with Crippen LogP contribution in [0.4, 0.5) is 4.39 Å². The van der Waals surface area contributed by atoms with Crippen molar-refractivity contribution < 1.29 is 33.7 Å². The monoisotopic (exact) mass is 403 g/mol. The number of methoxy groups -OCH3 is 2. The van der Waals surface area contributed by atoms with Crippen LogP contribution in [0.1, 0.15) is 17.5 Å². The smallest absolute Gasteiger partial charge is 0.310 e. The number of amides is 1. The van der Waals surface area contributed by atoms with Gasteiger partial charge in [-0.25, -0.2) is 4.39 Å². The molecule has 1 fully saturated rings. The van der Waals surface area contributed by atoms with Crippen molar-refractivity contribution in [1.29, 1.82) is 0 Å². The third kappa shape index (κ3) is 4.11. The number of benzene rings is 2. The van der Waals surface area contributed by atoms with E-state index in [1.54, 1.807) is 18.2 Å². The van der Waals surface area contributed by atoms with Crippen LogP contribution in [-0.4, -0.2) is 36.3 Å². The molecule has 1 aliphatic rings. The third-order valence-electron chi connectivity index (χ3n) is 5.30. The van der Waals surface area contributed by atoms with Gasteiger partial charge in [0.15, 0.2) is 11.6 Å². The zero-order chi connectivity index (χ0) is 21.2. The molecule has 0 aliphatic heterocycles. The molecular formula is C21H22FNO6. The predicted molar refractivity (Wildman–Crippen MR) is 101 cm³/mol. The molecule has 3 rings (SSSR count). The van der Waals surface area contributed by atoms with E-state index in [1.165, 1.54) is 26.4 Å². The van der Waals surface area contributed by atoms with Crippen molar-refractivity contribution >= 4 is 11.9 Å². The highest BCUT2D eigenvalue weighted by Crippen LogP contribution is 2.55. The summed E-state index contributed by atoms with van der Waals surface area (Å²) in [7, 11) is 3.04. The van der Waals surface area contributed by atoms with E-state index in [4.69, 9.17) is 9.47 Å². The SMILES string of the molecule is COc1ccc(CNC(=O)C2C[C@]2(Cc2ccc(O)c(F)c2)C(=O)O)c(OC)c1. The maximum atomic E-state index is 13.6. The van der Waals surface area contributed by atoms with Gasteiger partial charge in [-0.15, -0.1) is 0 Å². The molecule has 0 saturated heterocycles. The lowest BCUT2D eigenvalue weighted by Gasteiger charge is -2.14. The topological polar surface area (TPSA) is 105 Å². The van der Waals surface area contributed by atoms with E-state index < -0.39 is 28.9 Å². The Labute approximate surface area is 167 Å². The normalized spacial score (nSPS) is 20.0. The first-order valence-electron chi connectivity index (χ1n) is 9.00. The first kappa shape index (κ1) is 20.4. The summed E-state index contributed by atoms with van der Waals surface area (Å²) in [5.74, 6) is -2.37. The number of ether oxygens (including phenoxy) is 2. The van der Waals surface area contributed by atoms with Gasteiger partial charge >= 0.3 is 5.97 Å². The molecule has 154 valence electrons. The van der Waals surface area contributed by atoms with Gasteiger partial charge in [-0.1, -0.05) is 6.07 Å². The average Bonchev–Trinajstić information content (AvgIpc) is 3.44. The molecule has 0 radical (unpaired) electrons. The Kier molecular flexibility index (Phi) is 5.63. The Bertz CT molecular complexity index is 947. The Morgan fingerprint density at radius 1 is 1.21 bits per heavy atom. The van der Waals surface area contributed by atoms with Crippen LogP contribution in [0.25, 0.3) is 0 Å². The Morgan fingerprint density at radius 2 is 1.97 bits per heavy atom. The number of aliphatic carboxylic acids is 1. The molecule has 1 aliphatic carbocycles. The summed E-state index contributed by atoms with van der Waals surface area (Å²) in [6.45, 7) is 0.173. The van der Waals surface area contributed by atoms with Crippen LogP contribution in [-0.2, 0) is 22.6 Å². The molecule has 1 amide bonds. The Morgan fingerprint density at radius 3 is 2.59 bits per heavy atom. The molecule has 2 aromatic carbocycles. The fourth-order valence-electron chi connectivity index (χ4n) is 3.48. The van der Waals surface area contributed by atoms with E-state index >= 15 is 0 Å². The number of carboxylic acids is 1. The number of nitrogens with one attached hydrogen (secondary N) is 1. The highest BCUT2D eigenvalue weighted by Gasteiger charge is 2.63. The number of carbonyl (C=O) groups excluding carboxylic acids is 1. The first-order chi connectivity index (χ1) is 13.8. The number of carbonyl (C=O) groups is 2. The van der Waals surface area contributed by atoms with Crippen LogP contribution in [0.2, 0.25) is 0 Å². The van der Waals surface area contributed by atoms with Crippen molar-refractivity contribution in [2.24, 2.45) is 11.3 Å². The largest absolute Gasteiger partial charge is 0.505 e. The van der Waals surface area contributed by atoms with E-state index in [2.05, 4.69) is 5.32 Å². The van der Waals surface area contributed by atoms with Gasteiger partial charge in [0.2, 0.25) is 5.91 Å². The molecule has 1 saturated carbocycles. The zero-order valence-corrected chi connectivity index (χ0v) is 16.1. The fourth-order valence-corrected chi connectivity index (χ4v) is 3.48. The van der Waals surface area contributed by atoms with Crippen LogP contribution in [0.5, 0.6) is 17.2 Å². The summed E-state index contributed by atoms with van der Waals surface area (Å²) in [6, 6.07) is 8.91. The predicted octanol–water partition coefficient (Wildman–Crippen LogP) is 2.50. The van der Waals surface area contributed by atoms with E-state index in [-0.39, 0.29) is 25.3 Å². The molecule has 8 heteroatoms. The quantitative estimate of drug-likeness (QED) is 0.626. The number of aromatic hydroxyl groups is 1. The summed E-state index contributed by atoms with van der Waals surface area (Å²) in [5.41, 5.74) is -0.143. The van der Waals surface area contributed by atoms with Gasteiger partial charge in [0.25, 0.3) is 0 Å². The van der Waals surface area contributed by atoms with Crippen molar-refractivity contribution in [3.63, 3.8) is 0 Å². The molecule has 0 spiro atoms. The van der Waals surface area contributed by atoms with E-state index in [0.29, 0.717) is 17.1 Å². The summed E-state index contributed by atoms with van der Waals surface area (Å²) < 4.78 is 24.0. The molecule has 2 aromatic rings. The number of hydrogen-bond donors (Lipinski definition) is 3. The van der Waals surface area contributed by atoms with Gasteiger partial charge in [-0.3, -0.25) is 9.59 Å². The van der Waals surface area contributed by atoms with Crippen molar-refractivity contribution in [2.75, 3.05) is 14.2 Å². The molecule has 7 nitrogen and oxygen atoms in total. The maximum Gasteiger partial charge on any atom is 0.310 e. The lowest BCUT2D eigenvalue weighted by atomic mass is 9.93. The molecular weight excluding hydrogens is 381 g/mol. The third-order valence-corrected chi connectivity index (χ3v) is 5.30. The van der Waals surface area contributed by atoms with Gasteiger partial charge in [0, 0.05) is 18.2 Å². The number of phenolic OH excluding ortho intramolecular Hbond substituents is 1. The molecule has 0 heterocycles. The average molecular weight is 403 g/mol. The lowest BCUT2D eigenvalue weighted by molar-refractivity contribution is -0.145. The van der Waals surface area contributed by atoms with Crippen LogP contribution in [0, 0.1) is 17.2 Å². The van der Waals surface area contributed by atoms with Crippen LogP contribution in [0.3, 0.4) is 0 Å². The second kappa shape index (κ2) is 7.98. The number of hydrogen-bond acceptors (Lipinski definition) is 5. The summed E-state index contributed by atoms with van der Waals surface area (Å²) in [6.07, 6.45) is 0.167. The van der Waals surface area contributed by atoms with Crippen molar-refractivity contribution in [1.82, 2.24) is 5.32 Å². The standard InChI is InChI=1S/C21H22FNO6/c1-28-14-5-4-13(18(8-14)29-2)11-23-19(25)15-10-21(15,20(26)27)9-12-3-6-17(24)16(22)7-12/h3-8,15,24H,9-11H2,1-2H3,(H,23,25)(H,26,27)/t15?,21-/m0/s1. The zero-order valence-electron chi connectivity index (χ0n) is 16.1. The Hall–Kier alpha value is -3.29. The number of halogens is 1. The summed E-state index contributed by atoms with van der Waals surface area (Å²) in [4.78, 5) is 24.4. The van der Waals surface area contributed by atoms with E-state index in [1.807, 2.05) is 0 Å². The summed E-state index contributed by atoms with van der Waals surface area (Å²) in [5, 5.41) is 21.7. The minimum Gasteiger partial charge on any atom is -0.505 e. The van der Waals surface area contributed by atoms with Crippen LogP contribution >= 0.6 is 0 Å². The molecule has 0 aromatic heterocycles. The minimum absolute atomic E-state index is 0.00345. The molecule has 0 bridgehead atoms. The molecule has 29 heavy (non-hydrogen) atoms. The van der Waals surface area contributed by atoms with Crippen molar-refractivity contribution in [3.05, 3.63) is 53.3 Å². The van der Waals surface area contributed by atoms with Gasteiger partial charge in [0.1, 0.15) is 11.5 Å². The highest BCUT2D eigenvalue weighted by molar-refractivity contribution is 5.93. The summed E-state index contributed by atoms with van der Waals surface area (Å²) >= 11 is 0. The van der Waals surface area contributed by atoms with Crippen molar-refractivity contribution in [2.45, 2.75) is 19.4 Å². The molecule has 3 N–H and O–H groups in total. The van der Waals surface area contributed by atoms with E-state index in [9.17, 15) is 24.2 Å². The van der Waals surface area contributed by atoms with Crippen LogP contribution in [0.15, 0.2) is 36.4 Å². The van der Waals surface area contributed by atoms with Gasteiger partial charge < -0.3 is 25.0 Å². The number of carboxylic acid groups (broad SMARTS) is 1. The van der Waals surface area contributed by atoms with Gasteiger partial charge in [-0.05, 0) is 42.7 Å². The van der Waals surface area contributed by atoms with E-state index in [0.717, 1.165) is 11.6 Å². The molecule has 2 atom stereocenters. The highest BCUT2D eigenvalue weighted by atomic mass is 19.1. The fraction of sp³-hybridized carbons (Fsp3) is 0.333. The molecule has 1 unspecified atom stereocenters.